The molecule has 0 fully saturated rings. The highest BCUT2D eigenvalue weighted by Gasteiger charge is 2.20. The summed E-state index contributed by atoms with van der Waals surface area (Å²) >= 11 is 0. The number of aromatic nitrogens is 2. The van der Waals surface area contributed by atoms with Crippen molar-refractivity contribution >= 4 is 11.6 Å². The summed E-state index contributed by atoms with van der Waals surface area (Å²) in [4.78, 5) is 25.2. The first-order valence-corrected chi connectivity index (χ1v) is 9.33. The van der Waals surface area contributed by atoms with Crippen molar-refractivity contribution in [3.63, 3.8) is 0 Å². The molecule has 1 heterocycles. The van der Waals surface area contributed by atoms with Crippen LogP contribution in [0.5, 0.6) is 11.5 Å². The fourth-order valence-electron chi connectivity index (χ4n) is 3.03. The first kappa shape index (κ1) is 20.1. The third-order valence-corrected chi connectivity index (χ3v) is 4.79. The molecule has 1 aromatic heterocycles. The number of benzene rings is 2. The molecule has 2 aromatic carbocycles. The van der Waals surface area contributed by atoms with Crippen LogP contribution in [0, 0.1) is 0 Å². The van der Waals surface area contributed by atoms with Crippen molar-refractivity contribution in [1.82, 2.24) is 9.78 Å². The minimum atomic E-state index is -0.609. The number of nitrogens with one attached hydrogen (secondary N) is 1. The largest absolute Gasteiger partial charge is 0.505 e. The Morgan fingerprint density at radius 2 is 1.90 bits per heavy atom. The van der Waals surface area contributed by atoms with Gasteiger partial charge in [0.1, 0.15) is 11.4 Å². The van der Waals surface area contributed by atoms with Crippen molar-refractivity contribution in [2.45, 2.75) is 26.2 Å². The standard InChI is InChI=1S/C22H23N3O4/c1-4-14(2)15-9-5-6-10-16(15)23-22(28)21-18(26)13-20(27)25(24-21)17-11-7-8-12-19(17)29-3/h5-14,26H,4H2,1-3H3,(H,23,28). The van der Waals surface area contributed by atoms with E-state index < -0.39 is 17.2 Å². The first-order valence-electron chi connectivity index (χ1n) is 9.33. The van der Waals surface area contributed by atoms with E-state index >= 15 is 0 Å². The molecule has 0 aliphatic carbocycles. The third kappa shape index (κ3) is 4.13. The van der Waals surface area contributed by atoms with Crippen molar-refractivity contribution in [2.75, 3.05) is 12.4 Å². The number of hydrogen-bond acceptors (Lipinski definition) is 5. The molecule has 0 bridgehead atoms. The van der Waals surface area contributed by atoms with Gasteiger partial charge < -0.3 is 15.2 Å². The number of carbonyl (C=O) groups is 1. The van der Waals surface area contributed by atoms with Gasteiger partial charge in [-0.3, -0.25) is 9.59 Å². The Morgan fingerprint density at radius 1 is 1.21 bits per heavy atom. The van der Waals surface area contributed by atoms with Gasteiger partial charge in [-0.25, -0.2) is 0 Å². The summed E-state index contributed by atoms with van der Waals surface area (Å²) in [5.74, 6) is -0.432. The molecule has 150 valence electrons. The lowest BCUT2D eigenvalue weighted by Gasteiger charge is -2.16. The molecule has 7 nitrogen and oxygen atoms in total. The monoisotopic (exact) mass is 393 g/mol. The van der Waals surface area contributed by atoms with Gasteiger partial charge in [-0.1, -0.05) is 44.2 Å². The summed E-state index contributed by atoms with van der Waals surface area (Å²) in [6.07, 6.45) is 0.912. The predicted molar refractivity (Wildman–Crippen MR) is 111 cm³/mol. The molecule has 0 aliphatic rings. The highest BCUT2D eigenvalue weighted by molar-refractivity contribution is 6.05. The summed E-state index contributed by atoms with van der Waals surface area (Å²) in [6, 6.07) is 15.3. The van der Waals surface area contributed by atoms with Gasteiger partial charge in [0.25, 0.3) is 11.5 Å². The molecule has 0 spiro atoms. The molecule has 1 amide bonds. The Morgan fingerprint density at radius 3 is 2.62 bits per heavy atom. The molecule has 0 aliphatic heterocycles. The van der Waals surface area contributed by atoms with Gasteiger partial charge in [-0.2, -0.15) is 9.78 Å². The molecule has 3 aromatic rings. The Labute approximate surface area is 168 Å². The minimum absolute atomic E-state index is 0.246. The molecule has 2 N–H and O–H groups in total. The normalized spacial score (nSPS) is 11.7. The lowest BCUT2D eigenvalue weighted by molar-refractivity contribution is 0.101. The van der Waals surface area contributed by atoms with E-state index in [4.69, 9.17) is 4.74 Å². The Kier molecular flexibility index (Phi) is 5.97. The number of rotatable bonds is 6. The summed E-state index contributed by atoms with van der Waals surface area (Å²) in [6.45, 7) is 4.14. The van der Waals surface area contributed by atoms with Crippen LogP contribution in [0.3, 0.4) is 0 Å². The highest BCUT2D eigenvalue weighted by Crippen LogP contribution is 2.27. The van der Waals surface area contributed by atoms with E-state index in [-0.39, 0.29) is 11.6 Å². The van der Waals surface area contributed by atoms with E-state index in [1.165, 1.54) is 7.11 Å². The molecule has 0 saturated carbocycles. The van der Waals surface area contributed by atoms with Crippen molar-refractivity contribution in [2.24, 2.45) is 0 Å². The second kappa shape index (κ2) is 8.60. The fraction of sp³-hybridized carbons (Fsp3) is 0.227. The zero-order valence-electron chi connectivity index (χ0n) is 16.5. The zero-order chi connectivity index (χ0) is 21.0. The quantitative estimate of drug-likeness (QED) is 0.666. The van der Waals surface area contributed by atoms with Gasteiger partial charge in [-0.15, -0.1) is 0 Å². The van der Waals surface area contributed by atoms with Crippen molar-refractivity contribution in [3.8, 4) is 17.2 Å². The number of ether oxygens (including phenoxy) is 1. The van der Waals surface area contributed by atoms with Gasteiger partial charge in [0.15, 0.2) is 11.4 Å². The van der Waals surface area contributed by atoms with Crippen LogP contribution in [-0.2, 0) is 0 Å². The van der Waals surface area contributed by atoms with Crippen LogP contribution in [0.4, 0.5) is 5.69 Å². The minimum Gasteiger partial charge on any atom is -0.505 e. The predicted octanol–water partition coefficient (Wildman–Crippen LogP) is 3.71. The van der Waals surface area contributed by atoms with Gasteiger partial charge in [0.2, 0.25) is 0 Å². The summed E-state index contributed by atoms with van der Waals surface area (Å²) in [5.41, 5.74) is 1.16. The topological polar surface area (TPSA) is 93.5 Å². The number of methoxy groups -OCH3 is 1. The summed E-state index contributed by atoms with van der Waals surface area (Å²) in [7, 11) is 1.48. The van der Waals surface area contributed by atoms with E-state index in [0.29, 0.717) is 17.1 Å². The van der Waals surface area contributed by atoms with Crippen LogP contribution in [0.25, 0.3) is 5.69 Å². The first-order chi connectivity index (χ1) is 14.0. The maximum absolute atomic E-state index is 12.9. The molecule has 1 unspecified atom stereocenters. The van der Waals surface area contributed by atoms with Crippen LogP contribution in [0.2, 0.25) is 0 Å². The van der Waals surface area contributed by atoms with E-state index in [1.54, 1.807) is 30.3 Å². The molecule has 0 radical (unpaired) electrons. The Balaban J connectivity index is 2.02. The second-order valence-corrected chi connectivity index (χ2v) is 6.65. The van der Waals surface area contributed by atoms with Crippen molar-refractivity contribution in [1.29, 1.82) is 0 Å². The number of nitrogens with zero attached hydrogens (tertiary/aromatic N) is 2. The van der Waals surface area contributed by atoms with Crippen molar-refractivity contribution in [3.05, 3.63) is 76.2 Å². The maximum Gasteiger partial charge on any atom is 0.279 e. The number of amides is 1. The second-order valence-electron chi connectivity index (χ2n) is 6.65. The van der Waals surface area contributed by atoms with Gasteiger partial charge >= 0.3 is 0 Å². The third-order valence-electron chi connectivity index (χ3n) is 4.79. The lowest BCUT2D eigenvalue weighted by atomic mass is 9.97. The fourth-order valence-corrected chi connectivity index (χ4v) is 3.03. The van der Waals surface area contributed by atoms with Crippen molar-refractivity contribution < 1.29 is 14.6 Å². The highest BCUT2D eigenvalue weighted by atomic mass is 16.5. The molecule has 3 rings (SSSR count). The van der Waals surface area contributed by atoms with E-state index in [0.717, 1.165) is 22.7 Å². The van der Waals surface area contributed by atoms with Gasteiger partial charge in [0, 0.05) is 11.8 Å². The summed E-state index contributed by atoms with van der Waals surface area (Å²) in [5, 5.41) is 17.1. The number of hydrogen-bond donors (Lipinski definition) is 2. The summed E-state index contributed by atoms with van der Waals surface area (Å²) < 4.78 is 6.31. The van der Waals surface area contributed by atoms with Gasteiger partial charge in [0.05, 0.1) is 7.11 Å². The Hall–Kier alpha value is -3.61. The van der Waals surface area contributed by atoms with E-state index in [1.807, 2.05) is 18.2 Å². The number of aromatic hydroxyl groups is 1. The number of anilines is 1. The van der Waals surface area contributed by atoms with Gasteiger partial charge in [-0.05, 0) is 36.1 Å². The molecule has 0 saturated heterocycles. The van der Waals surface area contributed by atoms with Crippen LogP contribution < -0.4 is 15.6 Å². The van der Waals surface area contributed by atoms with E-state index in [9.17, 15) is 14.7 Å². The van der Waals surface area contributed by atoms with E-state index in [2.05, 4.69) is 24.3 Å². The van der Waals surface area contributed by atoms with Crippen LogP contribution in [0.15, 0.2) is 59.4 Å². The molecular weight excluding hydrogens is 370 g/mol. The van der Waals surface area contributed by atoms with Crippen LogP contribution in [-0.4, -0.2) is 27.9 Å². The Bertz CT molecular complexity index is 1090. The number of carbonyl (C=O) groups excluding carboxylic acids is 1. The average molecular weight is 393 g/mol. The molecule has 29 heavy (non-hydrogen) atoms. The molecular formula is C22H23N3O4. The lowest BCUT2D eigenvalue weighted by Crippen LogP contribution is -2.25. The molecule has 7 heteroatoms. The molecule has 1 atom stereocenters. The zero-order valence-corrected chi connectivity index (χ0v) is 16.5. The SMILES string of the molecule is CCC(C)c1ccccc1NC(=O)c1nn(-c2ccccc2OC)c(=O)cc1O. The number of para-hydroxylation sites is 3. The smallest absolute Gasteiger partial charge is 0.279 e. The van der Waals surface area contributed by atoms with Crippen LogP contribution in [0.1, 0.15) is 42.2 Å². The average Bonchev–Trinajstić information content (AvgIpc) is 2.73. The van der Waals surface area contributed by atoms with Crippen LogP contribution >= 0.6 is 0 Å². The maximum atomic E-state index is 12.9.